The first-order valence-electron chi connectivity index (χ1n) is 10.1. The zero-order valence-electron chi connectivity index (χ0n) is 17.8. The maximum absolute atomic E-state index is 10.7. The Morgan fingerprint density at radius 1 is 1.21 bits per heavy atom. The van der Waals surface area contributed by atoms with Crippen LogP contribution in [0.2, 0.25) is 0 Å². The predicted molar refractivity (Wildman–Crippen MR) is 125 cm³/mol. The third-order valence-corrected chi connectivity index (χ3v) is 5.01. The molecule has 0 aromatic carbocycles. The Bertz CT molecular complexity index is 583. The van der Waals surface area contributed by atoms with E-state index in [9.17, 15) is 5.11 Å². The summed E-state index contributed by atoms with van der Waals surface area (Å²) in [7, 11) is 4.03. The maximum Gasteiger partial charge on any atom is 0.191 e. The fourth-order valence-corrected chi connectivity index (χ4v) is 3.10. The van der Waals surface area contributed by atoms with E-state index in [0.717, 1.165) is 31.0 Å². The highest BCUT2D eigenvalue weighted by atomic mass is 127. The largest absolute Gasteiger partial charge is 0.383 e. The van der Waals surface area contributed by atoms with Crippen LogP contribution in [0.3, 0.4) is 0 Å². The predicted octanol–water partition coefficient (Wildman–Crippen LogP) is 0.828. The molecule has 0 saturated carbocycles. The summed E-state index contributed by atoms with van der Waals surface area (Å²) in [5.74, 6) is 0.751. The first-order chi connectivity index (χ1) is 12.9. The van der Waals surface area contributed by atoms with Gasteiger partial charge in [0.15, 0.2) is 5.96 Å². The van der Waals surface area contributed by atoms with Crippen LogP contribution in [0, 0.1) is 0 Å². The van der Waals surface area contributed by atoms with Crippen LogP contribution in [-0.2, 0) is 12.6 Å². The van der Waals surface area contributed by atoms with E-state index >= 15 is 0 Å². The Hall–Kier alpha value is -0.910. The zero-order valence-corrected chi connectivity index (χ0v) is 20.1. The Morgan fingerprint density at radius 2 is 1.93 bits per heavy atom. The van der Waals surface area contributed by atoms with E-state index in [4.69, 9.17) is 0 Å². The molecule has 3 N–H and O–H groups in total. The quantitative estimate of drug-likeness (QED) is 0.199. The molecule has 0 bridgehead atoms. The van der Waals surface area contributed by atoms with Crippen molar-refractivity contribution in [2.45, 2.75) is 32.3 Å². The molecule has 1 aromatic heterocycles. The lowest BCUT2D eigenvalue weighted by molar-refractivity contribution is 0.0672. The van der Waals surface area contributed by atoms with Gasteiger partial charge in [-0.25, -0.2) is 4.99 Å². The molecule has 28 heavy (non-hydrogen) atoms. The first kappa shape index (κ1) is 25.1. The molecule has 1 fully saturated rings. The van der Waals surface area contributed by atoms with Gasteiger partial charge in [0.1, 0.15) is 5.60 Å². The average molecular weight is 507 g/mol. The van der Waals surface area contributed by atoms with Gasteiger partial charge < -0.3 is 25.5 Å². The van der Waals surface area contributed by atoms with Crippen LogP contribution in [0.25, 0.3) is 0 Å². The van der Waals surface area contributed by atoms with Crippen molar-refractivity contribution in [3.05, 3.63) is 18.0 Å². The third-order valence-electron chi connectivity index (χ3n) is 5.01. The first-order valence-corrected chi connectivity index (χ1v) is 10.1. The lowest BCUT2D eigenvalue weighted by Gasteiger charge is -2.32. The van der Waals surface area contributed by atoms with Gasteiger partial charge in [0, 0.05) is 58.1 Å². The average Bonchev–Trinajstić information content (AvgIpc) is 3.08. The lowest BCUT2D eigenvalue weighted by atomic mass is 10.0. The topological polar surface area (TPSA) is 80.9 Å². The number of halogens is 1. The number of aromatic nitrogens is 2. The molecule has 2 heterocycles. The van der Waals surface area contributed by atoms with E-state index < -0.39 is 5.60 Å². The summed E-state index contributed by atoms with van der Waals surface area (Å²) in [6.07, 6.45) is 5.81. The SMILES string of the molecule is CCNC(=NCC(C)(O)c1cnn(C)c1)NCCCCN1CCN(C)CC1.I. The molecule has 8 nitrogen and oxygen atoms in total. The number of unbranched alkanes of at least 4 members (excludes halogenated alkanes) is 1. The van der Waals surface area contributed by atoms with Gasteiger partial charge in [0.05, 0.1) is 12.7 Å². The molecule has 1 aromatic rings. The Kier molecular flexibility index (Phi) is 11.3. The minimum Gasteiger partial charge on any atom is -0.383 e. The summed E-state index contributed by atoms with van der Waals surface area (Å²) in [4.78, 5) is 9.49. The third kappa shape index (κ3) is 8.62. The summed E-state index contributed by atoms with van der Waals surface area (Å²) in [6.45, 7) is 11.6. The molecule has 0 spiro atoms. The zero-order chi connectivity index (χ0) is 19.7. The van der Waals surface area contributed by atoms with E-state index in [-0.39, 0.29) is 30.5 Å². The van der Waals surface area contributed by atoms with E-state index in [1.165, 1.54) is 39.1 Å². The smallest absolute Gasteiger partial charge is 0.191 e. The van der Waals surface area contributed by atoms with Crippen molar-refractivity contribution < 1.29 is 5.11 Å². The highest BCUT2D eigenvalue weighted by molar-refractivity contribution is 14.0. The van der Waals surface area contributed by atoms with Gasteiger partial charge in [0.25, 0.3) is 0 Å². The molecular weight excluding hydrogens is 469 g/mol. The van der Waals surface area contributed by atoms with Crippen molar-refractivity contribution in [3.8, 4) is 0 Å². The fourth-order valence-electron chi connectivity index (χ4n) is 3.10. The van der Waals surface area contributed by atoms with Crippen LogP contribution < -0.4 is 10.6 Å². The van der Waals surface area contributed by atoms with Crippen molar-refractivity contribution in [1.82, 2.24) is 30.2 Å². The fraction of sp³-hybridized carbons (Fsp3) is 0.789. The number of nitrogens with zero attached hydrogens (tertiary/aromatic N) is 5. The number of aryl methyl sites for hydroxylation is 1. The van der Waals surface area contributed by atoms with E-state index in [2.05, 4.69) is 37.6 Å². The number of hydrogen-bond acceptors (Lipinski definition) is 5. The molecule has 1 unspecified atom stereocenters. The maximum atomic E-state index is 10.7. The van der Waals surface area contributed by atoms with Crippen LogP contribution in [0.1, 0.15) is 32.3 Å². The molecule has 1 atom stereocenters. The van der Waals surface area contributed by atoms with Gasteiger partial charge in [0.2, 0.25) is 0 Å². The van der Waals surface area contributed by atoms with E-state index in [1.807, 2.05) is 20.2 Å². The van der Waals surface area contributed by atoms with Crippen molar-refractivity contribution >= 4 is 29.9 Å². The number of rotatable bonds is 9. The molecule has 162 valence electrons. The van der Waals surface area contributed by atoms with E-state index in [1.54, 1.807) is 17.8 Å². The van der Waals surface area contributed by atoms with Gasteiger partial charge in [-0.2, -0.15) is 5.10 Å². The second-order valence-electron chi connectivity index (χ2n) is 7.65. The summed E-state index contributed by atoms with van der Waals surface area (Å²) in [5.41, 5.74) is -0.255. The van der Waals surface area contributed by atoms with Crippen molar-refractivity contribution in [2.24, 2.45) is 12.0 Å². The lowest BCUT2D eigenvalue weighted by Crippen LogP contribution is -2.44. The second-order valence-corrected chi connectivity index (χ2v) is 7.65. The molecule has 0 amide bonds. The molecule has 2 rings (SSSR count). The molecule has 1 aliphatic heterocycles. The number of aliphatic imine (C=N–C) groups is 1. The summed E-state index contributed by atoms with van der Waals surface area (Å²) in [5, 5.41) is 21.4. The molecule has 1 aliphatic rings. The minimum absolute atomic E-state index is 0. The summed E-state index contributed by atoms with van der Waals surface area (Å²) in [6, 6.07) is 0. The highest BCUT2D eigenvalue weighted by Crippen LogP contribution is 2.19. The summed E-state index contributed by atoms with van der Waals surface area (Å²) >= 11 is 0. The standard InChI is InChI=1S/C19H37N7O.HI/c1-5-20-18(22-16-19(2,27)17-14-23-25(4)15-17)21-8-6-7-9-26-12-10-24(3)11-13-26;/h14-15,27H,5-13,16H2,1-4H3,(H2,20,21,22);1H. The second kappa shape index (κ2) is 12.6. The minimum atomic E-state index is -1.03. The van der Waals surface area contributed by atoms with Crippen LogP contribution in [0.4, 0.5) is 0 Å². The number of nitrogens with one attached hydrogen (secondary N) is 2. The number of aliphatic hydroxyl groups is 1. The van der Waals surface area contributed by atoms with Gasteiger partial charge in [-0.15, -0.1) is 24.0 Å². The monoisotopic (exact) mass is 507 g/mol. The molecule has 0 radical (unpaired) electrons. The number of piperazine rings is 1. The van der Waals surface area contributed by atoms with Crippen LogP contribution in [0.5, 0.6) is 0 Å². The van der Waals surface area contributed by atoms with Gasteiger partial charge in [-0.1, -0.05) is 0 Å². The van der Waals surface area contributed by atoms with E-state index in [0.29, 0.717) is 0 Å². The summed E-state index contributed by atoms with van der Waals surface area (Å²) < 4.78 is 1.69. The molecule has 1 saturated heterocycles. The Morgan fingerprint density at radius 3 is 2.54 bits per heavy atom. The van der Waals surface area contributed by atoms with Crippen molar-refractivity contribution in [3.63, 3.8) is 0 Å². The Balaban J connectivity index is 0.00000392. The van der Waals surface area contributed by atoms with Crippen molar-refractivity contribution in [2.75, 3.05) is 59.4 Å². The number of guanidine groups is 1. The molecule has 0 aliphatic carbocycles. The number of hydrogen-bond donors (Lipinski definition) is 3. The van der Waals surface area contributed by atoms with Crippen LogP contribution >= 0.6 is 24.0 Å². The van der Waals surface area contributed by atoms with Gasteiger partial charge >= 0.3 is 0 Å². The molecule has 9 heteroatoms. The Labute approximate surface area is 186 Å². The highest BCUT2D eigenvalue weighted by Gasteiger charge is 2.24. The number of likely N-dealkylation sites (N-methyl/N-ethyl adjacent to an activating group) is 1. The van der Waals surface area contributed by atoms with Crippen LogP contribution in [0.15, 0.2) is 17.4 Å². The molecular formula is C19H38IN7O. The van der Waals surface area contributed by atoms with Gasteiger partial charge in [-0.3, -0.25) is 4.68 Å². The van der Waals surface area contributed by atoms with Crippen molar-refractivity contribution in [1.29, 1.82) is 0 Å². The van der Waals surface area contributed by atoms with Gasteiger partial charge in [-0.05, 0) is 40.3 Å². The normalized spacial score (nSPS) is 18.4. The van der Waals surface area contributed by atoms with Crippen LogP contribution in [-0.4, -0.2) is 90.1 Å².